The number of rotatable bonds is 7. The molecule has 0 aromatic carbocycles. The van der Waals surface area contributed by atoms with E-state index in [-0.39, 0.29) is 0 Å². The Hall–Kier alpha value is -0.790. The van der Waals surface area contributed by atoms with Crippen LogP contribution in [0, 0.1) is 0 Å². The Balaban J connectivity index is 2.46. The topological polar surface area (TPSA) is 8.81 Å². The Morgan fingerprint density at radius 1 is 1.13 bits per heavy atom. The quantitative estimate of drug-likeness (QED) is 0.482. The Kier molecular flexibility index (Phi) is 5.44. The summed E-state index contributed by atoms with van der Waals surface area (Å²) in [7, 11) is 2.15. The van der Waals surface area contributed by atoms with Crippen molar-refractivity contribution in [3.63, 3.8) is 0 Å². The average molecular weight is 209 g/mol. The van der Waals surface area contributed by atoms with Crippen LogP contribution in [0.1, 0.15) is 51.8 Å². The predicted molar refractivity (Wildman–Crippen MR) is 63.7 cm³/mol. The predicted octanol–water partition coefficient (Wildman–Crippen LogP) is 2.85. The van der Waals surface area contributed by atoms with E-state index in [1.165, 1.54) is 44.3 Å². The molecule has 0 saturated heterocycles. The summed E-state index contributed by atoms with van der Waals surface area (Å²) < 4.78 is 4.66. The smallest absolute Gasteiger partial charge is 0.237 e. The van der Waals surface area contributed by atoms with Gasteiger partial charge in [-0.1, -0.05) is 33.1 Å². The molecule has 2 nitrogen and oxygen atoms in total. The summed E-state index contributed by atoms with van der Waals surface area (Å²) in [6.45, 7) is 5.66. The van der Waals surface area contributed by atoms with Gasteiger partial charge in [0, 0.05) is 6.42 Å². The van der Waals surface area contributed by atoms with E-state index in [1.54, 1.807) is 0 Å². The van der Waals surface area contributed by atoms with Gasteiger partial charge >= 0.3 is 0 Å². The molecule has 0 fully saturated rings. The fourth-order valence-corrected chi connectivity index (χ4v) is 2.03. The van der Waals surface area contributed by atoms with Crippen LogP contribution in [0.3, 0.4) is 0 Å². The first-order valence-corrected chi connectivity index (χ1v) is 6.33. The Labute approximate surface area is 93.9 Å². The second-order valence-electron chi connectivity index (χ2n) is 4.33. The van der Waals surface area contributed by atoms with Crippen molar-refractivity contribution in [2.75, 3.05) is 0 Å². The maximum Gasteiger partial charge on any atom is 0.256 e. The zero-order valence-electron chi connectivity index (χ0n) is 10.5. The Morgan fingerprint density at radius 3 is 2.60 bits per heavy atom. The molecule has 0 aliphatic heterocycles. The van der Waals surface area contributed by atoms with Crippen LogP contribution in [0.5, 0.6) is 0 Å². The fraction of sp³-hybridized carbons (Fsp3) is 0.769. The lowest BCUT2D eigenvalue weighted by Crippen LogP contribution is -2.32. The second kappa shape index (κ2) is 6.65. The third-order valence-electron chi connectivity index (χ3n) is 2.93. The molecule has 0 atom stereocenters. The van der Waals surface area contributed by atoms with Crippen molar-refractivity contribution >= 4 is 0 Å². The Morgan fingerprint density at radius 2 is 1.93 bits per heavy atom. The van der Waals surface area contributed by atoms with Gasteiger partial charge in [-0.15, -0.1) is 0 Å². The van der Waals surface area contributed by atoms with E-state index in [9.17, 15) is 0 Å². The summed E-state index contributed by atoms with van der Waals surface area (Å²) in [5, 5.41) is 0. The van der Waals surface area contributed by atoms with Crippen molar-refractivity contribution in [2.24, 2.45) is 7.05 Å². The highest BCUT2D eigenvalue weighted by atomic mass is 15.1. The minimum atomic E-state index is 1.16. The van der Waals surface area contributed by atoms with Crippen LogP contribution >= 0.6 is 0 Å². The van der Waals surface area contributed by atoms with Crippen LogP contribution in [0.4, 0.5) is 0 Å². The zero-order chi connectivity index (χ0) is 11.1. The van der Waals surface area contributed by atoms with Gasteiger partial charge in [-0.05, 0) is 12.8 Å². The maximum absolute atomic E-state index is 2.39. The molecule has 0 amide bonds. The van der Waals surface area contributed by atoms with Crippen molar-refractivity contribution in [3.05, 3.63) is 18.2 Å². The molecule has 0 unspecified atom stereocenters. The van der Waals surface area contributed by atoms with Crippen molar-refractivity contribution in [1.29, 1.82) is 0 Å². The van der Waals surface area contributed by atoms with Gasteiger partial charge in [-0.25, -0.2) is 9.13 Å². The molecule has 86 valence electrons. The van der Waals surface area contributed by atoms with Crippen LogP contribution in [-0.2, 0) is 20.0 Å². The molecule has 0 bridgehead atoms. The van der Waals surface area contributed by atoms with Gasteiger partial charge in [0.05, 0.1) is 13.6 Å². The van der Waals surface area contributed by atoms with Crippen LogP contribution in [0.2, 0.25) is 0 Å². The van der Waals surface area contributed by atoms with E-state index < -0.39 is 0 Å². The molecular weight excluding hydrogens is 184 g/mol. The first kappa shape index (κ1) is 12.3. The highest BCUT2D eigenvalue weighted by Gasteiger charge is 2.12. The summed E-state index contributed by atoms with van der Waals surface area (Å²) in [4.78, 5) is 0. The summed E-state index contributed by atoms with van der Waals surface area (Å²) in [5.41, 5.74) is 0. The summed E-state index contributed by atoms with van der Waals surface area (Å²) in [5.74, 6) is 1.48. The van der Waals surface area contributed by atoms with Crippen molar-refractivity contribution < 1.29 is 4.57 Å². The van der Waals surface area contributed by atoms with E-state index in [0.717, 1.165) is 6.54 Å². The number of unbranched alkanes of at least 4 members (excludes halogenated alkanes) is 3. The summed E-state index contributed by atoms with van der Waals surface area (Å²) in [6, 6.07) is 0. The number of hydrogen-bond donors (Lipinski definition) is 0. The standard InChI is InChI=1S/C13H25N2/c1-4-6-7-8-9-13-14(3)11-12-15(13)10-5-2/h11-12H,4-10H2,1-3H3/q+1. The van der Waals surface area contributed by atoms with Gasteiger partial charge < -0.3 is 0 Å². The van der Waals surface area contributed by atoms with Gasteiger partial charge in [0.2, 0.25) is 0 Å². The highest BCUT2D eigenvalue weighted by molar-refractivity contribution is 4.83. The van der Waals surface area contributed by atoms with E-state index in [2.05, 4.69) is 42.4 Å². The normalized spacial score (nSPS) is 10.9. The van der Waals surface area contributed by atoms with Crippen molar-refractivity contribution in [3.8, 4) is 0 Å². The van der Waals surface area contributed by atoms with Crippen LogP contribution < -0.4 is 4.57 Å². The van der Waals surface area contributed by atoms with Crippen molar-refractivity contribution in [2.45, 2.75) is 58.9 Å². The monoisotopic (exact) mass is 209 g/mol. The van der Waals surface area contributed by atoms with Crippen molar-refractivity contribution in [1.82, 2.24) is 4.57 Å². The molecule has 0 aliphatic rings. The van der Waals surface area contributed by atoms with Crippen LogP contribution in [0.25, 0.3) is 0 Å². The lowest BCUT2D eigenvalue weighted by Gasteiger charge is -2.01. The molecule has 1 heterocycles. The van der Waals surface area contributed by atoms with Crippen LogP contribution in [-0.4, -0.2) is 4.57 Å². The molecule has 1 rings (SSSR count). The van der Waals surface area contributed by atoms with Gasteiger partial charge in [-0.2, -0.15) is 0 Å². The lowest BCUT2D eigenvalue weighted by atomic mass is 10.1. The molecular formula is C13H25N2+. The van der Waals surface area contributed by atoms with E-state index >= 15 is 0 Å². The van der Waals surface area contributed by atoms with E-state index in [1.807, 2.05) is 0 Å². The van der Waals surface area contributed by atoms with Gasteiger partial charge in [0.1, 0.15) is 12.4 Å². The molecule has 0 radical (unpaired) electrons. The minimum Gasteiger partial charge on any atom is -0.237 e. The average Bonchev–Trinajstić information content (AvgIpc) is 2.56. The summed E-state index contributed by atoms with van der Waals surface area (Å²) in [6.07, 6.45) is 12.2. The largest absolute Gasteiger partial charge is 0.256 e. The van der Waals surface area contributed by atoms with Gasteiger partial charge in [0.25, 0.3) is 5.82 Å². The third kappa shape index (κ3) is 3.69. The number of aromatic nitrogens is 2. The highest BCUT2D eigenvalue weighted by Crippen LogP contribution is 2.05. The Bertz CT molecular complexity index is 276. The molecule has 15 heavy (non-hydrogen) atoms. The fourth-order valence-electron chi connectivity index (χ4n) is 2.03. The van der Waals surface area contributed by atoms with Gasteiger partial charge in [0.15, 0.2) is 0 Å². The van der Waals surface area contributed by atoms with Gasteiger partial charge in [-0.3, -0.25) is 0 Å². The number of aryl methyl sites for hydroxylation is 2. The molecule has 0 N–H and O–H groups in total. The molecule has 1 aromatic rings. The SMILES string of the molecule is CCCCCCc1n(CCC)cc[n+]1C. The summed E-state index contributed by atoms with van der Waals surface area (Å²) >= 11 is 0. The molecule has 2 heteroatoms. The number of hydrogen-bond acceptors (Lipinski definition) is 0. The second-order valence-corrected chi connectivity index (χ2v) is 4.33. The number of nitrogens with zero attached hydrogens (tertiary/aromatic N) is 2. The molecule has 0 saturated carbocycles. The zero-order valence-corrected chi connectivity index (χ0v) is 10.5. The molecule has 0 spiro atoms. The molecule has 1 aromatic heterocycles. The minimum absolute atomic E-state index is 1.16. The number of imidazole rings is 1. The van der Waals surface area contributed by atoms with E-state index in [4.69, 9.17) is 0 Å². The third-order valence-corrected chi connectivity index (χ3v) is 2.93. The van der Waals surface area contributed by atoms with E-state index in [0.29, 0.717) is 0 Å². The van der Waals surface area contributed by atoms with Crippen LogP contribution in [0.15, 0.2) is 12.4 Å². The first-order valence-electron chi connectivity index (χ1n) is 6.33. The lowest BCUT2D eigenvalue weighted by molar-refractivity contribution is -0.678. The first-order chi connectivity index (χ1) is 7.29. The maximum atomic E-state index is 2.39. The molecule has 0 aliphatic carbocycles.